The Morgan fingerprint density at radius 3 is 1.55 bits per heavy atom. The zero-order valence-electron chi connectivity index (χ0n) is 31.9. The van der Waals surface area contributed by atoms with E-state index in [0.717, 1.165) is 61.8 Å². The molecule has 1 aliphatic heterocycles. The van der Waals surface area contributed by atoms with Crippen LogP contribution in [0.15, 0.2) is 158 Å². The maximum absolute atomic E-state index is 6.70. The first-order valence-electron chi connectivity index (χ1n) is 19.4. The van der Waals surface area contributed by atoms with E-state index in [0.29, 0.717) is 29.3 Å². The number of benzene rings is 6. The Morgan fingerprint density at radius 1 is 0.393 bits per heavy atom. The molecule has 0 N–H and O–H groups in total. The Morgan fingerprint density at radius 2 is 0.911 bits per heavy atom. The smallest absolute Gasteiger partial charge is 0.164 e. The summed E-state index contributed by atoms with van der Waals surface area (Å²) in [5, 5.41) is 0. The Labute approximate surface area is 327 Å². The lowest BCUT2D eigenvalue weighted by Gasteiger charge is -2.39. The first kappa shape index (κ1) is 33.8. The van der Waals surface area contributed by atoms with Crippen LogP contribution in [0.25, 0.3) is 56.4 Å². The lowest BCUT2D eigenvalue weighted by molar-refractivity contribution is 0.436. The molecule has 0 atom stereocenters. The van der Waals surface area contributed by atoms with Crippen LogP contribution in [-0.2, 0) is 5.41 Å². The average Bonchev–Trinajstić information content (AvgIpc) is 3.54. The van der Waals surface area contributed by atoms with Crippen LogP contribution in [0.3, 0.4) is 0 Å². The van der Waals surface area contributed by atoms with Gasteiger partial charge < -0.3 is 4.74 Å². The Bertz CT molecular complexity index is 2740. The van der Waals surface area contributed by atoms with Crippen molar-refractivity contribution < 1.29 is 4.74 Å². The molecule has 0 bridgehead atoms. The number of ether oxygens (including phenoxy) is 1. The van der Waals surface area contributed by atoms with Crippen molar-refractivity contribution in [2.75, 3.05) is 0 Å². The first-order chi connectivity index (χ1) is 27.4. The molecule has 5 heteroatoms. The maximum Gasteiger partial charge on any atom is 0.164 e. The van der Waals surface area contributed by atoms with Gasteiger partial charge >= 0.3 is 0 Å². The quantitative estimate of drug-likeness (QED) is 0.171. The molecule has 0 amide bonds. The highest BCUT2D eigenvalue weighted by molar-refractivity contribution is 5.89. The minimum atomic E-state index is -0.585. The van der Waals surface area contributed by atoms with Crippen molar-refractivity contribution in [2.24, 2.45) is 0 Å². The van der Waals surface area contributed by atoms with Crippen molar-refractivity contribution >= 4 is 0 Å². The minimum absolute atomic E-state index is 0.295. The first-order valence-corrected chi connectivity index (χ1v) is 19.4. The van der Waals surface area contributed by atoms with Crippen LogP contribution in [0.4, 0.5) is 0 Å². The zero-order chi connectivity index (χ0) is 38.0. The molecule has 0 fully saturated rings. The SMILES string of the molecule is CC(C)c1ccc(-c2ccc(-c3nc(-c4ccccc4)nc(-c4ccc5c(c4)C4(c6ccccc6O5)c5ccccc5-c5ccccc54)n3)cc2)c(C(C)C)n1. The summed E-state index contributed by atoms with van der Waals surface area (Å²) in [6.07, 6.45) is 0. The normalized spacial score (nSPS) is 13.2. The third-order valence-corrected chi connectivity index (χ3v) is 11.3. The van der Waals surface area contributed by atoms with Crippen molar-refractivity contribution in [1.29, 1.82) is 0 Å². The molecule has 0 radical (unpaired) electrons. The van der Waals surface area contributed by atoms with Crippen molar-refractivity contribution in [1.82, 2.24) is 19.9 Å². The fraction of sp³-hybridized carbons (Fsp3) is 0.137. The lowest BCUT2D eigenvalue weighted by atomic mass is 9.66. The van der Waals surface area contributed by atoms with Gasteiger partial charge in [0, 0.05) is 39.1 Å². The van der Waals surface area contributed by atoms with Gasteiger partial charge in [0.2, 0.25) is 0 Å². The van der Waals surface area contributed by atoms with Gasteiger partial charge in [0.05, 0.1) is 11.1 Å². The van der Waals surface area contributed by atoms with Crippen LogP contribution < -0.4 is 4.74 Å². The number of rotatable bonds is 6. The zero-order valence-corrected chi connectivity index (χ0v) is 31.9. The van der Waals surface area contributed by atoms with Crippen molar-refractivity contribution in [3.05, 3.63) is 191 Å². The Balaban J connectivity index is 1.14. The highest BCUT2D eigenvalue weighted by Crippen LogP contribution is 2.62. The van der Waals surface area contributed by atoms with E-state index in [1.165, 1.54) is 22.3 Å². The number of hydrogen-bond donors (Lipinski definition) is 0. The number of para-hydroxylation sites is 1. The second-order valence-electron chi connectivity index (χ2n) is 15.4. The predicted molar refractivity (Wildman–Crippen MR) is 225 cm³/mol. The third kappa shape index (κ3) is 5.30. The molecule has 10 rings (SSSR count). The molecule has 270 valence electrons. The summed E-state index contributed by atoms with van der Waals surface area (Å²) < 4.78 is 6.70. The topological polar surface area (TPSA) is 60.8 Å². The van der Waals surface area contributed by atoms with E-state index in [1.807, 2.05) is 36.4 Å². The van der Waals surface area contributed by atoms with E-state index in [-0.39, 0.29) is 0 Å². The van der Waals surface area contributed by atoms with Crippen LogP contribution in [0.1, 0.15) is 73.2 Å². The Hall–Kier alpha value is -6.72. The number of pyridine rings is 1. The summed E-state index contributed by atoms with van der Waals surface area (Å²) in [5.41, 5.74) is 13.8. The molecular formula is C51H40N4O. The molecule has 56 heavy (non-hydrogen) atoms. The predicted octanol–water partition coefficient (Wildman–Crippen LogP) is 12.7. The Kier molecular flexibility index (Phi) is 8.00. The van der Waals surface area contributed by atoms with Crippen molar-refractivity contribution in [2.45, 2.75) is 44.9 Å². The van der Waals surface area contributed by atoms with Gasteiger partial charge in [-0.2, -0.15) is 0 Å². The summed E-state index contributed by atoms with van der Waals surface area (Å²) >= 11 is 0. The van der Waals surface area contributed by atoms with Crippen LogP contribution in [0.5, 0.6) is 11.5 Å². The van der Waals surface area contributed by atoms with Crippen LogP contribution in [-0.4, -0.2) is 19.9 Å². The molecule has 1 aliphatic carbocycles. The van der Waals surface area contributed by atoms with E-state index in [4.69, 9.17) is 24.7 Å². The standard InChI is InChI=1S/C51H40N4O/c1-31(2)44-28-27-37(47(52-44)32(3)4)33-22-24-35(25-23-33)49-53-48(34-14-6-5-7-15-34)54-50(55-49)36-26-29-46-43(30-36)51(42-20-12-13-21-45(42)56-46)40-18-10-8-16-38(40)39-17-9-11-19-41(39)51/h5-32H,1-4H3. The molecule has 3 heterocycles. The highest BCUT2D eigenvalue weighted by Gasteiger charge is 2.51. The summed E-state index contributed by atoms with van der Waals surface area (Å²) in [6, 6.07) is 55.4. The van der Waals surface area contributed by atoms with E-state index >= 15 is 0 Å². The van der Waals surface area contributed by atoms with E-state index in [9.17, 15) is 0 Å². The van der Waals surface area contributed by atoms with Gasteiger partial charge in [-0.15, -0.1) is 0 Å². The molecule has 0 unspecified atom stereocenters. The molecule has 0 saturated carbocycles. The maximum atomic E-state index is 6.70. The summed E-state index contributed by atoms with van der Waals surface area (Å²) in [5.74, 6) is 4.19. The van der Waals surface area contributed by atoms with Crippen LogP contribution in [0.2, 0.25) is 0 Å². The summed E-state index contributed by atoms with van der Waals surface area (Å²) in [7, 11) is 0. The molecular weight excluding hydrogens is 685 g/mol. The summed E-state index contributed by atoms with van der Waals surface area (Å²) in [6.45, 7) is 8.80. The number of aromatic nitrogens is 4. The fourth-order valence-electron chi connectivity index (χ4n) is 8.64. The van der Waals surface area contributed by atoms with Gasteiger partial charge in [-0.25, -0.2) is 15.0 Å². The second-order valence-corrected chi connectivity index (χ2v) is 15.4. The van der Waals surface area contributed by atoms with E-state index < -0.39 is 5.41 Å². The highest BCUT2D eigenvalue weighted by atomic mass is 16.5. The average molecular weight is 725 g/mol. The van der Waals surface area contributed by atoms with Crippen molar-refractivity contribution in [3.63, 3.8) is 0 Å². The third-order valence-electron chi connectivity index (χ3n) is 11.3. The van der Waals surface area contributed by atoms with Crippen molar-refractivity contribution in [3.8, 4) is 67.9 Å². The minimum Gasteiger partial charge on any atom is -0.457 e. The van der Waals surface area contributed by atoms with Gasteiger partial charge in [0.25, 0.3) is 0 Å². The van der Waals surface area contributed by atoms with E-state index in [2.05, 4.69) is 149 Å². The molecule has 2 aliphatic rings. The molecule has 5 nitrogen and oxygen atoms in total. The summed E-state index contributed by atoms with van der Waals surface area (Å²) in [4.78, 5) is 20.5. The largest absolute Gasteiger partial charge is 0.457 e. The van der Waals surface area contributed by atoms with Crippen LogP contribution in [0, 0.1) is 0 Å². The van der Waals surface area contributed by atoms with Gasteiger partial charge in [0.1, 0.15) is 11.5 Å². The second kappa shape index (κ2) is 13.2. The molecule has 0 saturated heterocycles. The number of fused-ring (bicyclic) bond motifs is 9. The van der Waals surface area contributed by atoms with Gasteiger partial charge in [0.15, 0.2) is 17.5 Å². The molecule has 1 spiro atoms. The number of nitrogens with zero attached hydrogens (tertiary/aromatic N) is 4. The van der Waals surface area contributed by atoms with E-state index in [1.54, 1.807) is 0 Å². The monoisotopic (exact) mass is 724 g/mol. The number of hydrogen-bond acceptors (Lipinski definition) is 5. The van der Waals surface area contributed by atoms with Gasteiger partial charge in [-0.05, 0) is 70.0 Å². The van der Waals surface area contributed by atoms with Gasteiger partial charge in [-0.1, -0.05) is 155 Å². The molecule has 8 aromatic rings. The van der Waals surface area contributed by atoms with Gasteiger partial charge in [-0.3, -0.25) is 4.98 Å². The van der Waals surface area contributed by atoms with Crippen LogP contribution >= 0.6 is 0 Å². The molecule has 6 aromatic carbocycles. The lowest BCUT2D eigenvalue weighted by Crippen LogP contribution is -2.32. The molecule has 2 aromatic heterocycles. The fourth-order valence-corrected chi connectivity index (χ4v) is 8.64.